The Balaban J connectivity index is 1.99. The Bertz CT molecular complexity index is 745. The second-order valence-electron chi connectivity index (χ2n) is 4.88. The maximum absolute atomic E-state index is 11.3. The van der Waals surface area contributed by atoms with Crippen LogP contribution in [0.15, 0.2) is 47.4 Å². The third-order valence-electron chi connectivity index (χ3n) is 3.12. The second kappa shape index (κ2) is 6.58. The fraction of sp³-hybridized carbons (Fsp3) is 0.200. The van der Waals surface area contributed by atoms with Crippen molar-refractivity contribution in [3.63, 3.8) is 0 Å². The molecule has 0 aliphatic heterocycles. The lowest BCUT2D eigenvalue weighted by molar-refractivity contribution is 0.597. The lowest BCUT2D eigenvalue weighted by Gasteiger charge is -2.08. The molecule has 21 heavy (non-hydrogen) atoms. The van der Waals surface area contributed by atoms with Crippen molar-refractivity contribution in [2.24, 2.45) is 5.14 Å². The minimum absolute atomic E-state index is 0.125. The number of hydrogen-bond acceptors (Lipinski definition) is 3. The monoisotopic (exact) mass is 324 g/mol. The fourth-order valence-corrected chi connectivity index (χ4v) is 2.72. The first kappa shape index (κ1) is 16.0. The van der Waals surface area contributed by atoms with Crippen LogP contribution in [0.4, 0.5) is 0 Å². The third kappa shape index (κ3) is 4.54. The van der Waals surface area contributed by atoms with E-state index in [2.05, 4.69) is 5.32 Å². The van der Waals surface area contributed by atoms with E-state index < -0.39 is 10.0 Å². The normalized spacial score (nSPS) is 11.6. The zero-order valence-corrected chi connectivity index (χ0v) is 13.2. The topological polar surface area (TPSA) is 72.2 Å². The smallest absolute Gasteiger partial charge is 0.238 e. The molecule has 0 amide bonds. The van der Waals surface area contributed by atoms with E-state index in [4.69, 9.17) is 16.7 Å². The van der Waals surface area contributed by atoms with Crippen LogP contribution in [0.5, 0.6) is 0 Å². The van der Waals surface area contributed by atoms with Gasteiger partial charge in [0.25, 0.3) is 0 Å². The number of nitrogens with two attached hydrogens (primary N) is 1. The zero-order valence-electron chi connectivity index (χ0n) is 11.6. The molecule has 0 spiro atoms. The number of benzene rings is 2. The number of primary sulfonamides is 1. The third-order valence-corrected chi connectivity index (χ3v) is 4.44. The maximum atomic E-state index is 11.3. The summed E-state index contributed by atoms with van der Waals surface area (Å²) in [6, 6.07) is 12.5. The predicted octanol–water partition coefficient (Wildman–Crippen LogP) is 2.59. The Kier molecular flexibility index (Phi) is 5.00. The van der Waals surface area contributed by atoms with Crippen LogP contribution in [-0.4, -0.2) is 8.42 Å². The first-order chi connectivity index (χ1) is 9.86. The van der Waals surface area contributed by atoms with Gasteiger partial charge in [-0.25, -0.2) is 13.6 Å². The van der Waals surface area contributed by atoms with Gasteiger partial charge in [0.2, 0.25) is 10.0 Å². The van der Waals surface area contributed by atoms with Crippen molar-refractivity contribution < 1.29 is 8.42 Å². The number of aryl methyl sites for hydroxylation is 1. The van der Waals surface area contributed by atoms with Gasteiger partial charge in [0, 0.05) is 18.1 Å². The molecule has 0 heterocycles. The molecule has 0 fully saturated rings. The van der Waals surface area contributed by atoms with Crippen LogP contribution in [0.1, 0.15) is 16.7 Å². The summed E-state index contributed by atoms with van der Waals surface area (Å²) in [6.07, 6.45) is 0. The van der Waals surface area contributed by atoms with E-state index >= 15 is 0 Å². The fourth-order valence-electron chi connectivity index (χ4n) is 1.93. The minimum atomic E-state index is -3.66. The van der Waals surface area contributed by atoms with E-state index in [1.165, 1.54) is 6.07 Å². The van der Waals surface area contributed by atoms with Crippen LogP contribution in [0.2, 0.25) is 5.02 Å². The molecule has 0 atom stereocenters. The van der Waals surface area contributed by atoms with Crippen molar-refractivity contribution in [1.29, 1.82) is 0 Å². The summed E-state index contributed by atoms with van der Waals surface area (Å²) in [5, 5.41) is 9.10. The Hall–Kier alpha value is -1.40. The average molecular weight is 325 g/mol. The van der Waals surface area contributed by atoms with Crippen molar-refractivity contribution in [2.75, 3.05) is 0 Å². The highest BCUT2D eigenvalue weighted by molar-refractivity contribution is 7.89. The molecule has 0 radical (unpaired) electrons. The lowest BCUT2D eigenvalue weighted by Crippen LogP contribution is -2.15. The Labute approximate surface area is 130 Å². The van der Waals surface area contributed by atoms with Crippen LogP contribution in [0.3, 0.4) is 0 Å². The van der Waals surface area contributed by atoms with Gasteiger partial charge < -0.3 is 5.32 Å². The van der Waals surface area contributed by atoms with Crippen LogP contribution in [-0.2, 0) is 23.1 Å². The highest BCUT2D eigenvalue weighted by Crippen LogP contribution is 2.16. The molecule has 3 N–H and O–H groups in total. The van der Waals surface area contributed by atoms with Gasteiger partial charge >= 0.3 is 0 Å². The quantitative estimate of drug-likeness (QED) is 0.888. The minimum Gasteiger partial charge on any atom is -0.309 e. The Morgan fingerprint density at radius 3 is 2.38 bits per heavy atom. The molecule has 6 heteroatoms. The SMILES string of the molecule is Cc1ccc(CNCc2cccc(S(N)(=O)=O)c2)cc1Cl. The lowest BCUT2D eigenvalue weighted by atomic mass is 10.1. The van der Waals surface area contributed by atoms with Gasteiger partial charge in [0.15, 0.2) is 0 Å². The van der Waals surface area contributed by atoms with E-state index in [-0.39, 0.29) is 4.90 Å². The molecule has 0 aliphatic carbocycles. The Morgan fingerprint density at radius 1 is 1.10 bits per heavy atom. The van der Waals surface area contributed by atoms with E-state index in [9.17, 15) is 8.42 Å². The molecular formula is C15H17ClN2O2S. The van der Waals surface area contributed by atoms with Gasteiger partial charge in [0.1, 0.15) is 0 Å². The van der Waals surface area contributed by atoms with Crippen LogP contribution in [0.25, 0.3) is 0 Å². The van der Waals surface area contributed by atoms with Gasteiger partial charge in [-0.3, -0.25) is 0 Å². The molecule has 112 valence electrons. The number of halogens is 1. The summed E-state index contributed by atoms with van der Waals surface area (Å²) in [5.74, 6) is 0. The standard InChI is InChI=1S/C15H17ClN2O2S/c1-11-5-6-13(8-15(11)16)10-18-9-12-3-2-4-14(7-12)21(17,19)20/h2-8,18H,9-10H2,1H3,(H2,17,19,20). The van der Waals surface area contributed by atoms with E-state index in [1.807, 2.05) is 31.2 Å². The van der Waals surface area contributed by atoms with Crippen LogP contribution >= 0.6 is 11.6 Å². The highest BCUT2D eigenvalue weighted by atomic mass is 35.5. The average Bonchev–Trinajstić information content (AvgIpc) is 2.42. The number of sulfonamides is 1. The van der Waals surface area contributed by atoms with Crippen molar-refractivity contribution >= 4 is 21.6 Å². The molecule has 0 aliphatic rings. The zero-order chi connectivity index (χ0) is 15.5. The molecule has 4 nitrogen and oxygen atoms in total. The Morgan fingerprint density at radius 2 is 1.76 bits per heavy atom. The molecule has 0 unspecified atom stereocenters. The van der Waals surface area contributed by atoms with Crippen molar-refractivity contribution in [2.45, 2.75) is 24.9 Å². The molecule has 0 saturated heterocycles. The van der Waals surface area contributed by atoms with Crippen molar-refractivity contribution in [1.82, 2.24) is 5.32 Å². The molecule has 0 bridgehead atoms. The second-order valence-corrected chi connectivity index (χ2v) is 6.85. The van der Waals surface area contributed by atoms with Crippen LogP contribution in [0, 0.1) is 6.92 Å². The molecule has 0 aromatic heterocycles. The number of hydrogen-bond donors (Lipinski definition) is 2. The summed E-state index contributed by atoms with van der Waals surface area (Å²) in [6.45, 7) is 3.16. The molecule has 2 rings (SSSR count). The van der Waals surface area contributed by atoms with E-state index in [0.717, 1.165) is 21.7 Å². The van der Waals surface area contributed by atoms with Gasteiger partial charge in [-0.1, -0.05) is 35.9 Å². The van der Waals surface area contributed by atoms with Gasteiger partial charge in [-0.15, -0.1) is 0 Å². The highest BCUT2D eigenvalue weighted by Gasteiger charge is 2.07. The largest absolute Gasteiger partial charge is 0.309 e. The number of rotatable bonds is 5. The van der Waals surface area contributed by atoms with E-state index in [0.29, 0.717) is 13.1 Å². The maximum Gasteiger partial charge on any atom is 0.238 e. The molecule has 2 aromatic carbocycles. The van der Waals surface area contributed by atoms with Gasteiger partial charge in [0.05, 0.1) is 4.90 Å². The predicted molar refractivity (Wildman–Crippen MR) is 84.5 cm³/mol. The molecule has 0 saturated carbocycles. The molecule has 2 aromatic rings. The van der Waals surface area contributed by atoms with Crippen LogP contribution < -0.4 is 10.5 Å². The first-order valence-corrected chi connectivity index (χ1v) is 8.36. The summed E-state index contributed by atoms with van der Waals surface area (Å²) in [7, 11) is -3.66. The van der Waals surface area contributed by atoms with E-state index in [1.54, 1.807) is 12.1 Å². The first-order valence-electron chi connectivity index (χ1n) is 6.44. The summed E-state index contributed by atoms with van der Waals surface area (Å²) >= 11 is 6.07. The summed E-state index contributed by atoms with van der Waals surface area (Å²) < 4.78 is 22.6. The molecular weight excluding hydrogens is 308 g/mol. The van der Waals surface area contributed by atoms with Gasteiger partial charge in [-0.05, 0) is 41.8 Å². The summed E-state index contributed by atoms with van der Waals surface area (Å²) in [5.41, 5.74) is 2.98. The van der Waals surface area contributed by atoms with Crippen molar-refractivity contribution in [3.05, 3.63) is 64.2 Å². The van der Waals surface area contributed by atoms with Crippen molar-refractivity contribution in [3.8, 4) is 0 Å². The number of nitrogens with one attached hydrogen (secondary N) is 1. The summed E-state index contributed by atoms with van der Waals surface area (Å²) in [4.78, 5) is 0.125. The van der Waals surface area contributed by atoms with Gasteiger partial charge in [-0.2, -0.15) is 0 Å².